The van der Waals surface area contributed by atoms with Gasteiger partial charge in [-0.05, 0) is 22.4 Å². The van der Waals surface area contributed by atoms with Crippen LogP contribution in [0.4, 0.5) is 5.69 Å². The Balaban J connectivity index is 2.31. The third kappa shape index (κ3) is 1.33. The van der Waals surface area contributed by atoms with E-state index in [4.69, 9.17) is 11.1 Å². The molecular formula is C15H17N3. The van der Waals surface area contributed by atoms with Crippen molar-refractivity contribution in [3.05, 3.63) is 42.0 Å². The average molecular weight is 239 g/mol. The maximum Gasteiger partial charge on any atom is 0.114 e. The first-order valence-electron chi connectivity index (χ1n) is 6.14. The minimum Gasteiger partial charge on any atom is -0.386 e. The van der Waals surface area contributed by atoms with Gasteiger partial charge in [0.25, 0.3) is 0 Å². The number of anilines is 1. The van der Waals surface area contributed by atoms with Gasteiger partial charge in [0, 0.05) is 11.1 Å². The number of hydrogen-bond acceptors (Lipinski definition) is 2. The van der Waals surface area contributed by atoms with Crippen LogP contribution in [0.25, 0.3) is 10.8 Å². The maximum atomic E-state index is 7.75. The van der Waals surface area contributed by atoms with Crippen LogP contribution in [-0.2, 0) is 5.41 Å². The molecule has 1 aliphatic rings. The van der Waals surface area contributed by atoms with Gasteiger partial charge in [0.05, 0.1) is 6.04 Å². The summed E-state index contributed by atoms with van der Waals surface area (Å²) in [6, 6.07) is 12.4. The van der Waals surface area contributed by atoms with Crippen LogP contribution in [0, 0.1) is 5.41 Å². The SMILES string of the molecule is CC1(C)c2c(ccc3ccccc23)NC1C(=N)N. The van der Waals surface area contributed by atoms with Gasteiger partial charge in [-0.25, -0.2) is 0 Å². The van der Waals surface area contributed by atoms with Crippen LogP contribution in [0.15, 0.2) is 36.4 Å². The minimum atomic E-state index is -0.165. The highest BCUT2D eigenvalue weighted by Crippen LogP contribution is 2.44. The molecule has 92 valence electrons. The molecule has 0 spiro atoms. The van der Waals surface area contributed by atoms with Crippen molar-refractivity contribution in [3.8, 4) is 0 Å². The minimum absolute atomic E-state index is 0.127. The molecule has 2 aromatic carbocycles. The van der Waals surface area contributed by atoms with Gasteiger partial charge >= 0.3 is 0 Å². The molecule has 1 unspecified atom stereocenters. The van der Waals surface area contributed by atoms with Crippen molar-refractivity contribution in [2.75, 3.05) is 5.32 Å². The normalized spacial score (nSPS) is 20.4. The fourth-order valence-corrected chi connectivity index (χ4v) is 3.03. The van der Waals surface area contributed by atoms with Crippen LogP contribution < -0.4 is 11.1 Å². The van der Waals surface area contributed by atoms with E-state index in [1.165, 1.54) is 16.3 Å². The molecule has 3 nitrogen and oxygen atoms in total. The number of nitrogens with one attached hydrogen (secondary N) is 2. The van der Waals surface area contributed by atoms with Crippen LogP contribution in [0.2, 0.25) is 0 Å². The summed E-state index contributed by atoms with van der Waals surface area (Å²) in [7, 11) is 0. The van der Waals surface area contributed by atoms with E-state index in [0.717, 1.165) is 5.69 Å². The lowest BCUT2D eigenvalue weighted by Crippen LogP contribution is -2.44. The Kier molecular flexibility index (Phi) is 2.14. The van der Waals surface area contributed by atoms with Gasteiger partial charge in [-0.15, -0.1) is 0 Å². The Morgan fingerprint density at radius 2 is 1.94 bits per heavy atom. The smallest absolute Gasteiger partial charge is 0.114 e. The predicted octanol–water partition coefficient (Wildman–Crippen LogP) is 2.85. The van der Waals surface area contributed by atoms with Crippen molar-refractivity contribution in [3.63, 3.8) is 0 Å². The third-order valence-electron chi connectivity index (χ3n) is 3.91. The van der Waals surface area contributed by atoms with E-state index in [-0.39, 0.29) is 17.3 Å². The second-order valence-electron chi connectivity index (χ2n) is 5.46. The lowest BCUT2D eigenvalue weighted by atomic mass is 9.78. The average Bonchev–Trinajstić information content (AvgIpc) is 2.61. The van der Waals surface area contributed by atoms with E-state index in [9.17, 15) is 0 Å². The summed E-state index contributed by atoms with van der Waals surface area (Å²) in [4.78, 5) is 0. The summed E-state index contributed by atoms with van der Waals surface area (Å²) >= 11 is 0. The molecule has 1 aliphatic heterocycles. The van der Waals surface area contributed by atoms with Gasteiger partial charge in [0.1, 0.15) is 5.84 Å². The Morgan fingerprint density at radius 3 is 2.67 bits per heavy atom. The molecule has 1 atom stereocenters. The second-order valence-corrected chi connectivity index (χ2v) is 5.46. The molecule has 1 heterocycles. The lowest BCUT2D eigenvalue weighted by Gasteiger charge is -2.27. The van der Waals surface area contributed by atoms with Crippen molar-refractivity contribution >= 4 is 22.3 Å². The highest BCUT2D eigenvalue weighted by atomic mass is 15.0. The van der Waals surface area contributed by atoms with Gasteiger partial charge < -0.3 is 11.1 Å². The van der Waals surface area contributed by atoms with Gasteiger partial charge in [-0.1, -0.05) is 44.2 Å². The first kappa shape index (κ1) is 11.1. The van der Waals surface area contributed by atoms with Crippen molar-refractivity contribution in [2.45, 2.75) is 25.3 Å². The van der Waals surface area contributed by atoms with Gasteiger partial charge in [-0.2, -0.15) is 0 Å². The summed E-state index contributed by atoms with van der Waals surface area (Å²) in [6.45, 7) is 4.29. The molecule has 0 bridgehead atoms. The van der Waals surface area contributed by atoms with Crippen LogP contribution in [0.1, 0.15) is 19.4 Å². The fourth-order valence-electron chi connectivity index (χ4n) is 3.03. The number of amidine groups is 1. The van der Waals surface area contributed by atoms with Crippen LogP contribution >= 0.6 is 0 Å². The molecule has 3 rings (SSSR count). The summed E-state index contributed by atoms with van der Waals surface area (Å²) < 4.78 is 0. The Hall–Kier alpha value is -2.03. The second kappa shape index (κ2) is 3.48. The molecule has 0 aromatic heterocycles. The van der Waals surface area contributed by atoms with Crippen LogP contribution in [0.3, 0.4) is 0 Å². The molecule has 0 radical (unpaired) electrons. The molecular weight excluding hydrogens is 222 g/mol. The van der Waals surface area contributed by atoms with Crippen LogP contribution in [-0.4, -0.2) is 11.9 Å². The molecule has 0 fully saturated rings. The monoisotopic (exact) mass is 239 g/mol. The number of nitrogens with two attached hydrogens (primary N) is 1. The molecule has 4 N–H and O–H groups in total. The van der Waals surface area contributed by atoms with Crippen LogP contribution in [0.5, 0.6) is 0 Å². The third-order valence-corrected chi connectivity index (χ3v) is 3.91. The molecule has 0 saturated carbocycles. The maximum absolute atomic E-state index is 7.75. The quantitative estimate of drug-likeness (QED) is 0.529. The highest BCUT2D eigenvalue weighted by molar-refractivity contribution is 5.98. The van der Waals surface area contributed by atoms with E-state index < -0.39 is 0 Å². The zero-order valence-corrected chi connectivity index (χ0v) is 10.6. The predicted molar refractivity (Wildman–Crippen MR) is 76.3 cm³/mol. The zero-order valence-electron chi connectivity index (χ0n) is 10.6. The summed E-state index contributed by atoms with van der Waals surface area (Å²) in [5.74, 6) is 0.195. The van der Waals surface area contributed by atoms with Crippen molar-refractivity contribution in [1.29, 1.82) is 5.41 Å². The Morgan fingerprint density at radius 1 is 1.22 bits per heavy atom. The molecule has 18 heavy (non-hydrogen) atoms. The van der Waals surface area contributed by atoms with Crippen molar-refractivity contribution in [1.82, 2.24) is 0 Å². The summed E-state index contributed by atoms with van der Waals surface area (Å²) in [5, 5.41) is 13.6. The zero-order chi connectivity index (χ0) is 12.9. The lowest BCUT2D eigenvalue weighted by molar-refractivity contribution is 0.536. The molecule has 0 saturated heterocycles. The molecule has 0 aliphatic carbocycles. The topological polar surface area (TPSA) is 61.9 Å². The first-order chi connectivity index (χ1) is 8.51. The number of rotatable bonds is 1. The number of benzene rings is 2. The summed E-state index contributed by atoms with van der Waals surface area (Å²) in [6.07, 6.45) is 0. The Bertz CT molecular complexity index is 643. The van der Waals surface area contributed by atoms with Gasteiger partial charge in [0.2, 0.25) is 0 Å². The number of fused-ring (bicyclic) bond motifs is 3. The Labute approximate surface area is 107 Å². The van der Waals surface area contributed by atoms with E-state index >= 15 is 0 Å². The molecule has 3 heteroatoms. The standard InChI is InChI=1S/C15H17N3/c1-15(2)12-10-6-4-3-5-9(10)7-8-11(12)18-13(15)14(16)17/h3-8,13,18H,1-2H3,(H3,16,17). The van der Waals surface area contributed by atoms with Gasteiger partial charge in [-0.3, -0.25) is 5.41 Å². The van der Waals surface area contributed by atoms with Crippen molar-refractivity contribution < 1.29 is 0 Å². The fraction of sp³-hybridized carbons (Fsp3) is 0.267. The number of hydrogen-bond donors (Lipinski definition) is 3. The van der Waals surface area contributed by atoms with E-state index in [1.807, 2.05) is 6.07 Å². The van der Waals surface area contributed by atoms with E-state index in [2.05, 4.69) is 49.5 Å². The summed E-state index contributed by atoms with van der Waals surface area (Å²) in [5.41, 5.74) is 7.91. The van der Waals surface area contributed by atoms with E-state index in [1.54, 1.807) is 0 Å². The highest BCUT2D eigenvalue weighted by Gasteiger charge is 2.42. The van der Waals surface area contributed by atoms with Gasteiger partial charge in [0.15, 0.2) is 0 Å². The molecule has 0 amide bonds. The largest absolute Gasteiger partial charge is 0.386 e. The van der Waals surface area contributed by atoms with Crippen molar-refractivity contribution in [2.24, 2.45) is 5.73 Å². The first-order valence-corrected chi connectivity index (χ1v) is 6.14. The molecule has 2 aromatic rings. The van der Waals surface area contributed by atoms with E-state index in [0.29, 0.717) is 0 Å².